The van der Waals surface area contributed by atoms with Gasteiger partial charge in [-0.2, -0.15) is 0 Å². The smallest absolute Gasteiger partial charge is 0.417 e. The molecule has 0 radical (unpaired) electrons. The lowest BCUT2D eigenvalue weighted by atomic mass is 10.2. The van der Waals surface area contributed by atoms with Gasteiger partial charge in [0.15, 0.2) is 8.32 Å². The van der Waals surface area contributed by atoms with Crippen molar-refractivity contribution in [1.82, 2.24) is 0 Å². The summed E-state index contributed by atoms with van der Waals surface area (Å²) in [5.41, 5.74) is 1.83. The van der Waals surface area contributed by atoms with E-state index in [1.54, 1.807) is 0 Å². The van der Waals surface area contributed by atoms with Crippen LogP contribution in [0.3, 0.4) is 0 Å². The molecule has 2 aromatic rings. The van der Waals surface area contributed by atoms with Gasteiger partial charge in [0, 0.05) is 6.61 Å². The molecular weight excluding hydrogens is 427 g/mol. The van der Waals surface area contributed by atoms with Crippen molar-refractivity contribution in [1.29, 1.82) is 0 Å². The normalized spacial score (nSPS) is 12.8. The first-order chi connectivity index (χ1) is 14.6. The Labute approximate surface area is 188 Å². The van der Waals surface area contributed by atoms with Crippen LogP contribution < -0.4 is 0 Å². The fraction of sp³-hybridized carbons (Fsp3) is 0.500. The topological polar surface area (TPSA) is 54.0 Å². The number of rotatable bonds is 13. The van der Waals surface area contributed by atoms with Gasteiger partial charge in [0.05, 0.1) is 19.8 Å². The second kappa shape index (κ2) is 12.1. The molecule has 5 nitrogen and oxygen atoms in total. The number of unbranched alkanes of at least 4 members (excludes halogenated alkanes) is 1. The van der Waals surface area contributed by atoms with Crippen molar-refractivity contribution in [2.24, 2.45) is 0 Å². The standard InChI is InChI=1S/C24H37O5PSi/c1-24(2,3)31(4,5)29-19-13-12-18-26-30(25,27-20-22-14-8-6-9-15-22)28-21-23-16-10-7-11-17-23/h6-11,14-17H,12-13,18-21H2,1-5H3. The molecule has 2 rings (SSSR count). The van der Waals surface area contributed by atoms with Crippen molar-refractivity contribution in [2.45, 2.75) is 65.0 Å². The van der Waals surface area contributed by atoms with Crippen LogP contribution >= 0.6 is 7.82 Å². The van der Waals surface area contributed by atoms with Gasteiger partial charge in [-0.25, -0.2) is 4.57 Å². The molecule has 2 aromatic carbocycles. The minimum Gasteiger partial charge on any atom is -0.417 e. The van der Waals surface area contributed by atoms with Gasteiger partial charge < -0.3 is 4.43 Å². The van der Waals surface area contributed by atoms with Crippen molar-refractivity contribution in [3.05, 3.63) is 71.8 Å². The Hall–Kier alpha value is -1.27. The van der Waals surface area contributed by atoms with Crippen LogP contribution in [0.25, 0.3) is 0 Å². The van der Waals surface area contributed by atoms with Crippen LogP contribution in [0.5, 0.6) is 0 Å². The highest BCUT2D eigenvalue weighted by Gasteiger charge is 2.36. The van der Waals surface area contributed by atoms with E-state index in [0.717, 1.165) is 24.0 Å². The third kappa shape index (κ3) is 9.40. The maximum atomic E-state index is 13.2. The molecule has 0 spiro atoms. The fourth-order valence-electron chi connectivity index (χ4n) is 2.49. The Bertz CT molecular complexity index is 758. The van der Waals surface area contributed by atoms with Gasteiger partial charge in [0.25, 0.3) is 0 Å². The number of phosphoric ester groups is 1. The van der Waals surface area contributed by atoms with Crippen molar-refractivity contribution >= 4 is 16.1 Å². The molecule has 0 N–H and O–H groups in total. The quantitative estimate of drug-likeness (QED) is 0.176. The van der Waals surface area contributed by atoms with Crippen LogP contribution in [0.1, 0.15) is 44.7 Å². The largest absolute Gasteiger partial charge is 0.475 e. The summed E-state index contributed by atoms with van der Waals surface area (Å²) in [6, 6.07) is 19.2. The Kier molecular flexibility index (Phi) is 10.1. The van der Waals surface area contributed by atoms with Gasteiger partial charge in [-0.15, -0.1) is 0 Å². The van der Waals surface area contributed by atoms with Crippen molar-refractivity contribution in [2.75, 3.05) is 13.2 Å². The lowest BCUT2D eigenvalue weighted by molar-refractivity contribution is 0.100. The lowest BCUT2D eigenvalue weighted by Gasteiger charge is -2.36. The van der Waals surface area contributed by atoms with E-state index in [1.165, 1.54) is 0 Å². The summed E-state index contributed by atoms with van der Waals surface area (Å²) in [5, 5.41) is 0.190. The van der Waals surface area contributed by atoms with E-state index in [9.17, 15) is 4.57 Å². The molecule has 31 heavy (non-hydrogen) atoms. The third-order valence-corrected chi connectivity index (χ3v) is 11.4. The average Bonchev–Trinajstić information content (AvgIpc) is 2.74. The Balaban J connectivity index is 1.84. The van der Waals surface area contributed by atoms with E-state index in [2.05, 4.69) is 33.9 Å². The Morgan fingerprint density at radius 2 is 1.19 bits per heavy atom. The average molecular weight is 465 g/mol. The van der Waals surface area contributed by atoms with Crippen LogP contribution in [0, 0.1) is 0 Å². The predicted molar refractivity (Wildman–Crippen MR) is 128 cm³/mol. The maximum absolute atomic E-state index is 13.2. The molecule has 7 heteroatoms. The highest BCUT2D eigenvalue weighted by Crippen LogP contribution is 2.51. The molecule has 0 amide bonds. The minimum atomic E-state index is -3.69. The molecular formula is C24H37O5PSi. The summed E-state index contributed by atoms with van der Waals surface area (Å²) < 4.78 is 36.3. The molecule has 172 valence electrons. The predicted octanol–water partition coefficient (Wildman–Crippen LogP) is 7.35. The van der Waals surface area contributed by atoms with Gasteiger partial charge in [-0.1, -0.05) is 81.4 Å². The van der Waals surface area contributed by atoms with Gasteiger partial charge in [0.2, 0.25) is 0 Å². The van der Waals surface area contributed by atoms with Crippen LogP contribution in [-0.2, 0) is 35.8 Å². The van der Waals surface area contributed by atoms with Crippen molar-refractivity contribution in [3.63, 3.8) is 0 Å². The van der Waals surface area contributed by atoms with Gasteiger partial charge >= 0.3 is 7.82 Å². The number of phosphoric acid groups is 1. The molecule has 0 saturated carbocycles. The van der Waals surface area contributed by atoms with Crippen molar-refractivity contribution in [3.8, 4) is 0 Å². The van der Waals surface area contributed by atoms with E-state index in [-0.39, 0.29) is 18.3 Å². The number of benzene rings is 2. The van der Waals surface area contributed by atoms with E-state index in [0.29, 0.717) is 13.2 Å². The van der Waals surface area contributed by atoms with E-state index < -0.39 is 16.1 Å². The summed E-state index contributed by atoms with van der Waals surface area (Å²) in [7, 11) is -5.44. The summed E-state index contributed by atoms with van der Waals surface area (Å²) in [6.45, 7) is 12.5. The zero-order chi connectivity index (χ0) is 22.8. The SMILES string of the molecule is CC(C)(C)[Si](C)(C)OCCCCOP(=O)(OCc1ccccc1)OCc1ccccc1. The minimum absolute atomic E-state index is 0.168. The molecule has 0 heterocycles. The van der Waals surface area contributed by atoms with Crippen LogP contribution in [-0.4, -0.2) is 21.5 Å². The molecule has 0 bridgehead atoms. The van der Waals surface area contributed by atoms with Crippen LogP contribution in [0.2, 0.25) is 18.1 Å². The summed E-state index contributed by atoms with van der Waals surface area (Å²) >= 11 is 0. The molecule has 0 aliphatic rings. The molecule has 0 atom stereocenters. The monoisotopic (exact) mass is 464 g/mol. The first-order valence-corrected chi connectivity index (χ1v) is 15.2. The van der Waals surface area contributed by atoms with Gasteiger partial charge in [-0.3, -0.25) is 13.6 Å². The number of hydrogen-bond donors (Lipinski definition) is 0. The molecule has 0 saturated heterocycles. The summed E-state index contributed by atoms with van der Waals surface area (Å²) in [6.07, 6.45) is 1.56. The van der Waals surface area contributed by atoms with E-state index in [1.807, 2.05) is 60.7 Å². The van der Waals surface area contributed by atoms with E-state index in [4.69, 9.17) is 18.0 Å². The first-order valence-electron chi connectivity index (χ1n) is 10.9. The zero-order valence-corrected chi connectivity index (χ0v) is 21.4. The Morgan fingerprint density at radius 1 is 0.742 bits per heavy atom. The lowest BCUT2D eigenvalue weighted by Crippen LogP contribution is -2.40. The second-order valence-corrected chi connectivity index (χ2v) is 15.6. The van der Waals surface area contributed by atoms with E-state index >= 15 is 0 Å². The van der Waals surface area contributed by atoms with Gasteiger partial charge in [0.1, 0.15) is 0 Å². The van der Waals surface area contributed by atoms with Crippen LogP contribution in [0.15, 0.2) is 60.7 Å². The van der Waals surface area contributed by atoms with Gasteiger partial charge in [-0.05, 0) is 42.1 Å². The second-order valence-electron chi connectivity index (χ2n) is 9.11. The Morgan fingerprint density at radius 3 is 1.65 bits per heavy atom. The highest BCUT2D eigenvalue weighted by atomic mass is 31.2. The summed E-state index contributed by atoms with van der Waals surface area (Å²) in [5.74, 6) is 0. The third-order valence-electron chi connectivity index (χ3n) is 5.52. The highest BCUT2D eigenvalue weighted by molar-refractivity contribution is 7.48. The number of hydrogen-bond acceptors (Lipinski definition) is 5. The maximum Gasteiger partial charge on any atom is 0.475 e. The zero-order valence-electron chi connectivity index (χ0n) is 19.5. The molecule has 0 unspecified atom stereocenters. The molecule has 0 aliphatic heterocycles. The molecule has 0 aromatic heterocycles. The fourth-order valence-corrected chi connectivity index (χ4v) is 4.77. The van der Waals surface area contributed by atoms with Crippen LogP contribution in [0.4, 0.5) is 0 Å². The molecule has 0 fully saturated rings. The summed E-state index contributed by atoms with van der Waals surface area (Å²) in [4.78, 5) is 0. The first kappa shape index (κ1) is 26.0. The van der Waals surface area contributed by atoms with Crippen molar-refractivity contribution < 1.29 is 22.6 Å². The molecule has 0 aliphatic carbocycles.